The number of nitrogens with one attached hydrogen (secondary N) is 1. The maximum absolute atomic E-state index is 12.8. The lowest BCUT2D eigenvalue weighted by Gasteiger charge is -2.29. The largest absolute Gasteiger partial charge is 0.391 e. The molecule has 6 heteroatoms. The summed E-state index contributed by atoms with van der Waals surface area (Å²) in [6.07, 6.45) is 4.27. The summed E-state index contributed by atoms with van der Waals surface area (Å²) < 4.78 is 0. The summed E-state index contributed by atoms with van der Waals surface area (Å²) in [6, 6.07) is 3.90. The number of carbonyl (C=O) groups is 1. The number of aromatic nitrogens is 1. The van der Waals surface area contributed by atoms with E-state index >= 15 is 0 Å². The number of amides is 2. The lowest BCUT2D eigenvalue weighted by atomic mass is 9.88. The van der Waals surface area contributed by atoms with Crippen LogP contribution in [0.2, 0.25) is 0 Å². The smallest absolute Gasteiger partial charge is 0.322 e. The first kappa shape index (κ1) is 15.4. The zero-order valence-electron chi connectivity index (χ0n) is 14.7. The molecular formula is C19H26N4O2. The second kappa shape index (κ2) is 5.59. The first-order chi connectivity index (χ1) is 12.1. The number of aliphatic hydroxyl groups is 1. The molecule has 0 radical (unpaired) electrons. The van der Waals surface area contributed by atoms with Crippen molar-refractivity contribution in [3.63, 3.8) is 0 Å². The molecule has 2 aliphatic heterocycles. The Morgan fingerprint density at radius 2 is 2.04 bits per heavy atom. The number of likely N-dealkylation sites (tertiary alicyclic amines) is 1. The molecule has 2 N–H and O–H groups in total. The quantitative estimate of drug-likeness (QED) is 0.865. The van der Waals surface area contributed by atoms with Gasteiger partial charge in [0.05, 0.1) is 23.5 Å². The third kappa shape index (κ3) is 2.34. The van der Waals surface area contributed by atoms with Crippen LogP contribution in [0, 0.1) is 24.7 Å². The highest BCUT2D eigenvalue weighted by Crippen LogP contribution is 2.54. The minimum absolute atomic E-state index is 0.0147. The minimum Gasteiger partial charge on any atom is -0.391 e. The Balaban J connectivity index is 1.31. The van der Waals surface area contributed by atoms with Gasteiger partial charge in [0.25, 0.3) is 0 Å². The van der Waals surface area contributed by atoms with E-state index in [1.807, 2.05) is 24.0 Å². The van der Waals surface area contributed by atoms with Gasteiger partial charge in [0.2, 0.25) is 0 Å². The van der Waals surface area contributed by atoms with Crippen LogP contribution in [-0.2, 0) is 0 Å². The van der Waals surface area contributed by atoms with Gasteiger partial charge in [0.15, 0.2) is 0 Å². The van der Waals surface area contributed by atoms with Crippen LogP contribution < -0.4 is 10.2 Å². The van der Waals surface area contributed by atoms with Crippen LogP contribution in [0.3, 0.4) is 0 Å². The number of carbonyl (C=O) groups excluding carboxylic acids is 1. The Morgan fingerprint density at radius 1 is 1.24 bits per heavy atom. The van der Waals surface area contributed by atoms with E-state index in [1.54, 1.807) is 0 Å². The fourth-order valence-corrected chi connectivity index (χ4v) is 5.64. The van der Waals surface area contributed by atoms with E-state index in [9.17, 15) is 9.90 Å². The Bertz CT molecular complexity index is 701. The molecule has 2 bridgehead atoms. The Hall–Kier alpha value is -1.82. The molecule has 25 heavy (non-hydrogen) atoms. The van der Waals surface area contributed by atoms with Crippen LogP contribution in [0.15, 0.2) is 12.1 Å². The summed E-state index contributed by atoms with van der Waals surface area (Å²) in [7, 11) is 0. The first-order valence-electron chi connectivity index (χ1n) is 9.60. The van der Waals surface area contributed by atoms with Crippen LogP contribution in [0.25, 0.3) is 0 Å². The summed E-state index contributed by atoms with van der Waals surface area (Å²) in [6.45, 7) is 4.86. The lowest BCUT2D eigenvalue weighted by Crippen LogP contribution is -2.45. The summed E-state index contributed by atoms with van der Waals surface area (Å²) in [5, 5.41) is 13.5. The van der Waals surface area contributed by atoms with Gasteiger partial charge in [-0.05, 0) is 62.5 Å². The third-order valence-corrected chi connectivity index (χ3v) is 6.85. The molecule has 4 aliphatic rings. The predicted octanol–water partition coefficient (Wildman–Crippen LogP) is 2.22. The fourth-order valence-electron chi connectivity index (χ4n) is 5.64. The van der Waals surface area contributed by atoms with E-state index in [0.29, 0.717) is 17.8 Å². The Labute approximate surface area is 148 Å². The molecular weight excluding hydrogens is 316 g/mol. The molecule has 2 amide bonds. The van der Waals surface area contributed by atoms with Crippen molar-refractivity contribution < 1.29 is 9.90 Å². The summed E-state index contributed by atoms with van der Waals surface area (Å²) in [4.78, 5) is 21.7. The summed E-state index contributed by atoms with van der Waals surface area (Å²) in [5.41, 5.74) is 1.63. The van der Waals surface area contributed by atoms with Gasteiger partial charge in [-0.1, -0.05) is 0 Å². The van der Waals surface area contributed by atoms with E-state index in [0.717, 1.165) is 49.7 Å². The molecule has 134 valence electrons. The number of fused-ring (bicyclic) bond motifs is 1. The molecule has 0 aromatic carbocycles. The highest BCUT2D eigenvalue weighted by molar-refractivity contribution is 5.90. The Morgan fingerprint density at radius 3 is 2.76 bits per heavy atom. The maximum atomic E-state index is 12.8. The molecule has 6 nitrogen and oxygen atoms in total. The predicted molar refractivity (Wildman–Crippen MR) is 95.6 cm³/mol. The maximum Gasteiger partial charge on any atom is 0.322 e. The highest BCUT2D eigenvalue weighted by atomic mass is 16.3. The summed E-state index contributed by atoms with van der Waals surface area (Å²) in [5.74, 6) is 2.49. The normalized spacial score (nSPS) is 35.7. The number of aliphatic hydroxyl groups excluding tert-OH is 1. The monoisotopic (exact) mass is 342 g/mol. The van der Waals surface area contributed by atoms with E-state index in [-0.39, 0.29) is 18.2 Å². The van der Waals surface area contributed by atoms with Crippen molar-refractivity contribution in [2.45, 2.75) is 44.8 Å². The SMILES string of the molecule is Cc1nc(N2CCCC2)ccc1NC(=O)N1C[C@@H]2C[C@H]3C[C@H]2[C@@H]1[C@@H]3O. The number of anilines is 2. The van der Waals surface area contributed by atoms with E-state index in [4.69, 9.17) is 0 Å². The van der Waals surface area contributed by atoms with Crippen molar-refractivity contribution in [1.82, 2.24) is 9.88 Å². The van der Waals surface area contributed by atoms with Crippen LogP contribution in [0.1, 0.15) is 31.4 Å². The van der Waals surface area contributed by atoms with E-state index in [1.165, 1.54) is 12.8 Å². The standard InChI is InChI=1S/C19H26N4O2/c1-11-15(4-5-16(20-11)22-6-2-3-7-22)21-19(25)23-10-13-8-12-9-14(13)17(23)18(12)24/h4-5,12-14,17-18,24H,2-3,6-10H2,1H3,(H,21,25)/t12-,13-,14+,17+,18+/m0/s1. The summed E-state index contributed by atoms with van der Waals surface area (Å²) >= 11 is 0. The molecule has 2 saturated heterocycles. The van der Waals surface area contributed by atoms with Gasteiger partial charge in [-0.15, -0.1) is 0 Å². The molecule has 1 aromatic rings. The van der Waals surface area contributed by atoms with Crippen molar-refractivity contribution in [1.29, 1.82) is 0 Å². The van der Waals surface area contributed by atoms with Crippen molar-refractivity contribution in [3.05, 3.63) is 17.8 Å². The van der Waals surface area contributed by atoms with E-state index in [2.05, 4.69) is 15.2 Å². The number of hydrogen-bond donors (Lipinski definition) is 2. The van der Waals surface area contributed by atoms with Crippen molar-refractivity contribution >= 4 is 17.5 Å². The van der Waals surface area contributed by atoms with Gasteiger partial charge in [0, 0.05) is 19.6 Å². The number of pyridine rings is 1. The number of aryl methyl sites for hydroxylation is 1. The Kier molecular flexibility index (Phi) is 3.45. The first-order valence-corrected chi connectivity index (χ1v) is 9.60. The lowest BCUT2D eigenvalue weighted by molar-refractivity contribution is 0.0631. The fraction of sp³-hybridized carbons (Fsp3) is 0.684. The van der Waals surface area contributed by atoms with Crippen molar-refractivity contribution in [3.8, 4) is 0 Å². The highest BCUT2D eigenvalue weighted by Gasteiger charge is 2.60. The second-order valence-corrected chi connectivity index (χ2v) is 8.22. The van der Waals surface area contributed by atoms with Gasteiger partial charge in [-0.2, -0.15) is 0 Å². The number of nitrogens with zero attached hydrogens (tertiary/aromatic N) is 3. The topological polar surface area (TPSA) is 68.7 Å². The number of hydrogen-bond acceptors (Lipinski definition) is 4. The molecule has 2 saturated carbocycles. The molecule has 2 aliphatic carbocycles. The average molecular weight is 342 g/mol. The number of urea groups is 1. The zero-order chi connectivity index (χ0) is 17.1. The van der Waals surface area contributed by atoms with Gasteiger partial charge in [-0.25, -0.2) is 9.78 Å². The third-order valence-electron chi connectivity index (χ3n) is 6.85. The molecule has 5 rings (SSSR count). The molecule has 0 spiro atoms. The van der Waals surface area contributed by atoms with Gasteiger partial charge in [-0.3, -0.25) is 0 Å². The molecule has 5 atom stereocenters. The minimum atomic E-state index is -0.341. The molecule has 3 heterocycles. The van der Waals surface area contributed by atoms with Gasteiger partial charge >= 0.3 is 6.03 Å². The van der Waals surface area contributed by atoms with Crippen molar-refractivity contribution in [2.24, 2.45) is 17.8 Å². The van der Waals surface area contributed by atoms with Crippen LogP contribution in [0.5, 0.6) is 0 Å². The van der Waals surface area contributed by atoms with E-state index < -0.39 is 0 Å². The molecule has 0 unspecified atom stereocenters. The van der Waals surface area contributed by atoms with Crippen LogP contribution >= 0.6 is 0 Å². The van der Waals surface area contributed by atoms with Gasteiger partial charge < -0.3 is 20.2 Å². The van der Waals surface area contributed by atoms with Crippen LogP contribution in [-0.4, -0.2) is 52.8 Å². The van der Waals surface area contributed by atoms with Crippen molar-refractivity contribution in [2.75, 3.05) is 29.9 Å². The average Bonchev–Trinajstić information content (AvgIpc) is 3.33. The van der Waals surface area contributed by atoms with Gasteiger partial charge in [0.1, 0.15) is 5.82 Å². The van der Waals surface area contributed by atoms with Crippen LogP contribution in [0.4, 0.5) is 16.3 Å². The number of rotatable bonds is 2. The zero-order valence-corrected chi connectivity index (χ0v) is 14.7. The second-order valence-electron chi connectivity index (χ2n) is 8.22. The molecule has 4 fully saturated rings. The molecule has 1 aromatic heterocycles.